The summed E-state index contributed by atoms with van der Waals surface area (Å²) in [5.74, 6) is -0.648. The van der Waals surface area contributed by atoms with Gasteiger partial charge < -0.3 is 10.2 Å². The number of nitrogens with zero attached hydrogens (tertiary/aromatic N) is 1. The molecule has 1 fully saturated rings. The molecule has 1 aliphatic rings. The highest BCUT2D eigenvalue weighted by molar-refractivity contribution is 7.92. The van der Waals surface area contributed by atoms with Crippen LogP contribution in [0.1, 0.15) is 6.92 Å². The fraction of sp³-hybridized carbons (Fsp3) is 0.875. The molecule has 0 atom stereocenters. The second kappa shape index (κ2) is 4.27. The first-order valence-corrected chi connectivity index (χ1v) is 6.45. The van der Waals surface area contributed by atoms with Crippen LogP contribution in [0, 0.1) is 0 Å². The van der Waals surface area contributed by atoms with Crippen molar-refractivity contribution in [3.05, 3.63) is 0 Å². The normalized spacial score (nSPS) is 17.6. The van der Waals surface area contributed by atoms with Gasteiger partial charge >= 0.3 is 0 Å². The summed E-state index contributed by atoms with van der Waals surface area (Å²) in [4.78, 5) is 13.0. The molecule has 1 saturated heterocycles. The van der Waals surface area contributed by atoms with Gasteiger partial charge in [0.05, 0.1) is 6.04 Å². The van der Waals surface area contributed by atoms with E-state index in [1.54, 1.807) is 14.0 Å². The van der Waals surface area contributed by atoms with Crippen LogP contribution in [0.2, 0.25) is 0 Å². The first kappa shape index (κ1) is 11.5. The molecule has 0 radical (unpaired) electrons. The lowest BCUT2D eigenvalue weighted by Crippen LogP contribution is -2.58. The number of sulfone groups is 1. The van der Waals surface area contributed by atoms with Gasteiger partial charge in [0.2, 0.25) is 5.91 Å². The number of rotatable bonds is 4. The minimum Gasteiger partial charge on any atom is -0.339 e. The third kappa shape index (κ3) is 2.68. The maximum Gasteiger partial charge on any atom is 0.237 e. The quantitative estimate of drug-likeness (QED) is 0.650. The van der Waals surface area contributed by atoms with Crippen LogP contribution >= 0.6 is 0 Å². The lowest BCUT2D eigenvalue weighted by atomic mass is 10.1. The molecule has 0 unspecified atom stereocenters. The van der Waals surface area contributed by atoms with Crippen molar-refractivity contribution in [2.45, 2.75) is 13.0 Å². The third-order valence-corrected chi connectivity index (χ3v) is 4.05. The van der Waals surface area contributed by atoms with Gasteiger partial charge in [-0.3, -0.25) is 4.79 Å². The van der Waals surface area contributed by atoms with Crippen LogP contribution < -0.4 is 5.32 Å². The highest BCUT2D eigenvalue weighted by Crippen LogP contribution is 2.03. The van der Waals surface area contributed by atoms with Crippen LogP contribution in [-0.4, -0.2) is 56.9 Å². The maximum atomic E-state index is 11.5. The fourth-order valence-electron chi connectivity index (χ4n) is 1.14. The van der Waals surface area contributed by atoms with Crippen molar-refractivity contribution >= 4 is 15.7 Å². The molecule has 6 heteroatoms. The number of hydrogen-bond acceptors (Lipinski definition) is 4. The molecular formula is C8H16N2O3S. The first-order chi connectivity index (χ1) is 6.46. The zero-order valence-electron chi connectivity index (χ0n) is 8.49. The zero-order chi connectivity index (χ0) is 10.8. The van der Waals surface area contributed by atoms with Gasteiger partial charge in [-0.2, -0.15) is 0 Å². The van der Waals surface area contributed by atoms with Crippen molar-refractivity contribution < 1.29 is 13.2 Å². The Kier molecular flexibility index (Phi) is 3.49. The summed E-state index contributed by atoms with van der Waals surface area (Å²) in [5, 5.41) is 3.03. The van der Waals surface area contributed by atoms with Gasteiger partial charge in [0.15, 0.2) is 9.84 Å². The first-order valence-electron chi connectivity index (χ1n) is 4.63. The highest BCUT2D eigenvalue weighted by Gasteiger charge is 2.27. The van der Waals surface area contributed by atoms with Crippen molar-refractivity contribution in [3.63, 3.8) is 0 Å². The number of nitrogens with one attached hydrogen (secondary N) is 1. The summed E-state index contributed by atoms with van der Waals surface area (Å²) in [6, 6.07) is 0.162. The zero-order valence-corrected chi connectivity index (χ0v) is 9.30. The van der Waals surface area contributed by atoms with E-state index in [0.717, 1.165) is 13.1 Å². The van der Waals surface area contributed by atoms with Crippen molar-refractivity contribution in [1.29, 1.82) is 0 Å². The molecule has 0 spiro atoms. The monoisotopic (exact) mass is 220 g/mol. The molecule has 0 aromatic rings. The molecule has 0 aromatic heterocycles. The standard InChI is InChI=1S/C8H16N2O3S/c1-3-14(12,13)6-8(11)10(2)7-4-9-5-7/h7,9H,3-6H2,1-2H3. The van der Waals surface area contributed by atoms with Gasteiger partial charge in [0, 0.05) is 25.9 Å². The van der Waals surface area contributed by atoms with Crippen LogP contribution in [0.5, 0.6) is 0 Å². The second-order valence-electron chi connectivity index (χ2n) is 3.49. The van der Waals surface area contributed by atoms with E-state index in [-0.39, 0.29) is 23.5 Å². The summed E-state index contributed by atoms with van der Waals surface area (Å²) in [6.45, 7) is 3.07. The predicted molar refractivity (Wildman–Crippen MR) is 53.8 cm³/mol. The van der Waals surface area contributed by atoms with E-state index in [0.29, 0.717) is 0 Å². The molecule has 5 nitrogen and oxygen atoms in total. The molecular weight excluding hydrogens is 204 g/mol. The van der Waals surface area contributed by atoms with Crippen LogP contribution in [0.15, 0.2) is 0 Å². The molecule has 1 rings (SSSR count). The molecule has 0 saturated carbocycles. The van der Waals surface area contributed by atoms with E-state index in [1.165, 1.54) is 4.90 Å². The summed E-state index contributed by atoms with van der Waals surface area (Å²) < 4.78 is 22.4. The average molecular weight is 220 g/mol. The number of hydrogen-bond donors (Lipinski definition) is 1. The van der Waals surface area contributed by atoms with Crippen molar-refractivity contribution in [1.82, 2.24) is 10.2 Å². The van der Waals surface area contributed by atoms with Crippen LogP contribution in [0.3, 0.4) is 0 Å². The molecule has 1 heterocycles. The van der Waals surface area contributed by atoms with Gasteiger partial charge in [0.25, 0.3) is 0 Å². The van der Waals surface area contributed by atoms with Crippen molar-refractivity contribution in [2.24, 2.45) is 0 Å². The van der Waals surface area contributed by atoms with Gasteiger partial charge in [0.1, 0.15) is 5.75 Å². The molecule has 1 N–H and O–H groups in total. The Bertz CT molecular complexity index is 309. The number of carbonyl (C=O) groups is 1. The Morgan fingerprint density at radius 2 is 2.07 bits per heavy atom. The van der Waals surface area contributed by atoms with E-state index < -0.39 is 9.84 Å². The maximum absolute atomic E-state index is 11.5. The molecule has 14 heavy (non-hydrogen) atoms. The minimum atomic E-state index is -3.19. The predicted octanol–water partition coefficient (Wildman–Crippen LogP) is -1.15. The Morgan fingerprint density at radius 1 is 1.50 bits per heavy atom. The van der Waals surface area contributed by atoms with Crippen LogP contribution in [0.4, 0.5) is 0 Å². The smallest absolute Gasteiger partial charge is 0.237 e. The Hall–Kier alpha value is -0.620. The second-order valence-corrected chi connectivity index (χ2v) is 5.85. The molecule has 1 amide bonds. The number of amides is 1. The van der Waals surface area contributed by atoms with E-state index in [1.807, 2.05) is 0 Å². The van der Waals surface area contributed by atoms with Gasteiger partial charge in [-0.05, 0) is 0 Å². The summed E-state index contributed by atoms with van der Waals surface area (Å²) in [6.07, 6.45) is 0. The molecule has 1 aliphatic heterocycles. The summed E-state index contributed by atoms with van der Waals surface area (Å²) >= 11 is 0. The largest absolute Gasteiger partial charge is 0.339 e. The minimum absolute atomic E-state index is 0.0233. The highest BCUT2D eigenvalue weighted by atomic mass is 32.2. The van der Waals surface area contributed by atoms with Gasteiger partial charge in [-0.15, -0.1) is 0 Å². The molecule has 0 aromatic carbocycles. The molecule has 0 bridgehead atoms. The van der Waals surface area contributed by atoms with Crippen LogP contribution in [0.25, 0.3) is 0 Å². The van der Waals surface area contributed by atoms with E-state index in [9.17, 15) is 13.2 Å². The molecule has 0 aliphatic carbocycles. The van der Waals surface area contributed by atoms with E-state index >= 15 is 0 Å². The average Bonchev–Trinajstić information content (AvgIpc) is 2.00. The van der Waals surface area contributed by atoms with Crippen LogP contribution in [-0.2, 0) is 14.6 Å². The number of likely N-dealkylation sites (N-methyl/N-ethyl adjacent to an activating group) is 1. The van der Waals surface area contributed by atoms with Gasteiger partial charge in [-0.25, -0.2) is 8.42 Å². The molecule has 82 valence electrons. The van der Waals surface area contributed by atoms with Crippen molar-refractivity contribution in [3.8, 4) is 0 Å². The van der Waals surface area contributed by atoms with Crippen molar-refractivity contribution in [2.75, 3.05) is 31.6 Å². The summed E-state index contributed by atoms with van der Waals surface area (Å²) in [5.41, 5.74) is 0. The summed E-state index contributed by atoms with van der Waals surface area (Å²) in [7, 11) is -1.54. The van der Waals surface area contributed by atoms with E-state index in [2.05, 4.69) is 5.32 Å². The third-order valence-electron chi connectivity index (χ3n) is 2.48. The lowest BCUT2D eigenvalue weighted by molar-refractivity contribution is -0.130. The Balaban J connectivity index is 2.49. The topological polar surface area (TPSA) is 66.5 Å². The van der Waals surface area contributed by atoms with Gasteiger partial charge in [-0.1, -0.05) is 6.92 Å². The Labute approximate surface area is 84.4 Å². The fourth-order valence-corrected chi connectivity index (χ4v) is 1.93. The Morgan fingerprint density at radius 3 is 2.43 bits per heavy atom. The lowest BCUT2D eigenvalue weighted by Gasteiger charge is -2.35. The SMILES string of the molecule is CCS(=O)(=O)CC(=O)N(C)C1CNC1. The van der Waals surface area contributed by atoms with E-state index in [4.69, 9.17) is 0 Å². The number of carbonyl (C=O) groups excluding carboxylic acids is 1.